The Morgan fingerprint density at radius 1 is 1.40 bits per heavy atom. The summed E-state index contributed by atoms with van der Waals surface area (Å²) in [7, 11) is 0. The smallest absolute Gasteiger partial charge is 0.306 e. The molecule has 0 saturated carbocycles. The minimum atomic E-state index is -0.739. The molecule has 2 unspecified atom stereocenters. The Labute approximate surface area is 116 Å². The highest BCUT2D eigenvalue weighted by Gasteiger charge is 2.11. The molecule has 2 atom stereocenters. The van der Waals surface area contributed by atoms with Crippen molar-refractivity contribution >= 4 is 17.4 Å². The van der Waals surface area contributed by atoms with E-state index in [1.54, 1.807) is 13.0 Å². The number of fused-ring (bicyclic) bond motifs is 1. The summed E-state index contributed by atoms with van der Waals surface area (Å²) in [6.45, 7) is 3.77. The fraction of sp³-hybridized carbons (Fsp3) is 0.583. The highest BCUT2D eigenvalue weighted by atomic mass is 16.4. The van der Waals surface area contributed by atoms with Crippen LogP contribution in [-0.2, 0) is 4.79 Å². The number of carboxylic acids is 1. The number of rotatable bonds is 7. The predicted octanol–water partition coefficient (Wildman–Crippen LogP) is 1.21. The number of hydrogen-bond acceptors (Lipinski definition) is 6. The lowest BCUT2D eigenvalue weighted by Crippen LogP contribution is -2.18. The van der Waals surface area contributed by atoms with E-state index in [-0.39, 0.29) is 12.0 Å². The van der Waals surface area contributed by atoms with Gasteiger partial charge in [-0.05, 0) is 42.3 Å². The van der Waals surface area contributed by atoms with E-state index in [0.717, 1.165) is 12.8 Å². The molecule has 0 aliphatic carbocycles. The van der Waals surface area contributed by atoms with Gasteiger partial charge in [0.05, 0.1) is 5.92 Å². The SMILES string of the molecule is CC(CCCC(C)C(=O)O)Nc1ccc2nnnn2n1. The van der Waals surface area contributed by atoms with Crippen LogP contribution in [0.2, 0.25) is 0 Å². The first-order valence-corrected chi connectivity index (χ1v) is 6.61. The summed E-state index contributed by atoms with van der Waals surface area (Å²) in [5, 5.41) is 27.3. The number of carboxylic acid groups (broad SMARTS) is 1. The van der Waals surface area contributed by atoms with E-state index in [1.807, 2.05) is 13.0 Å². The van der Waals surface area contributed by atoms with Crippen molar-refractivity contribution in [3.63, 3.8) is 0 Å². The van der Waals surface area contributed by atoms with Crippen molar-refractivity contribution in [2.24, 2.45) is 5.92 Å². The van der Waals surface area contributed by atoms with Gasteiger partial charge in [0.25, 0.3) is 0 Å². The molecule has 108 valence electrons. The van der Waals surface area contributed by atoms with Gasteiger partial charge in [0.1, 0.15) is 5.82 Å². The first-order valence-electron chi connectivity index (χ1n) is 6.61. The predicted molar refractivity (Wildman–Crippen MR) is 72.3 cm³/mol. The van der Waals surface area contributed by atoms with Gasteiger partial charge in [0.15, 0.2) is 5.65 Å². The third kappa shape index (κ3) is 3.62. The number of nitrogens with one attached hydrogen (secondary N) is 1. The lowest BCUT2D eigenvalue weighted by atomic mass is 10.0. The fourth-order valence-electron chi connectivity index (χ4n) is 1.90. The molecule has 0 spiro atoms. The molecule has 0 aliphatic rings. The van der Waals surface area contributed by atoms with E-state index >= 15 is 0 Å². The monoisotopic (exact) mass is 278 g/mol. The minimum Gasteiger partial charge on any atom is -0.481 e. The van der Waals surface area contributed by atoms with Crippen molar-refractivity contribution in [1.82, 2.24) is 25.3 Å². The van der Waals surface area contributed by atoms with E-state index < -0.39 is 5.97 Å². The number of aliphatic carboxylic acids is 1. The van der Waals surface area contributed by atoms with Gasteiger partial charge >= 0.3 is 5.97 Å². The van der Waals surface area contributed by atoms with Crippen molar-refractivity contribution < 1.29 is 9.90 Å². The van der Waals surface area contributed by atoms with Crippen LogP contribution in [0.15, 0.2) is 12.1 Å². The maximum Gasteiger partial charge on any atom is 0.306 e. The Hall–Kier alpha value is -2.25. The van der Waals surface area contributed by atoms with Crippen LogP contribution in [0.5, 0.6) is 0 Å². The van der Waals surface area contributed by atoms with Gasteiger partial charge < -0.3 is 10.4 Å². The van der Waals surface area contributed by atoms with Gasteiger partial charge in [-0.25, -0.2) is 0 Å². The Morgan fingerprint density at radius 3 is 2.95 bits per heavy atom. The van der Waals surface area contributed by atoms with Crippen LogP contribution in [-0.4, -0.2) is 42.4 Å². The Morgan fingerprint density at radius 2 is 2.20 bits per heavy atom. The van der Waals surface area contributed by atoms with Crippen LogP contribution in [0.25, 0.3) is 5.65 Å². The van der Waals surface area contributed by atoms with Gasteiger partial charge in [-0.2, -0.15) is 0 Å². The normalized spacial score (nSPS) is 14.1. The Balaban J connectivity index is 1.81. The van der Waals surface area contributed by atoms with Crippen molar-refractivity contribution in [1.29, 1.82) is 0 Å². The van der Waals surface area contributed by atoms with Crippen LogP contribution in [0.4, 0.5) is 5.82 Å². The summed E-state index contributed by atoms with van der Waals surface area (Å²) in [6.07, 6.45) is 2.42. The molecular weight excluding hydrogens is 260 g/mol. The Kier molecular flexibility index (Phi) is 4.44. The lowest BCUT2D eigenvalue weighted by molar-refractivity contribution is -0.141. The maximum absolute atomic E-state index is 10.7. The highest BCUT2D eigenvalue weighted by molar-refractivity contribution is 5.69. The number of nitrogens with zero attached hydrogens (tertiary/aromatic N) is 5. The summed E-state index contributed by atoms with van der Waals surface area (Å²) in [5.74, 6) is -0.335. The van der Waals surface area contributed by atoms with Crippen LogP contribution in [0.3, 0.4) is 0 Å². The number of anilines is 1. The number of carbonyl (C=O) groups is 1. The molecule has 0 aliphatic heterocycles. The van der Waals surface area contributed by atoms with E-state index in [2.05, 4.69) is 25.9 Å². The molecule has 8 nitrogen and oxygen atoms in total. The molecule has 20 heavy (non-hydrogen) atoms. The van der Waals surface area contributed by atoms with E-state index in [4.69, 9.17) is 5.11 Å². The van der Waals surface area contributed by atoms with Crippen LogP contribution < -0.4 is 5.32 Å². The zero-order valence-electron chi connectivity index (χ0n) is 11.5. The van der Waals surface area contributed by atoms with Gasteiger partial charge in [-0.1, -0.05) is 13.3 Å². The lowest BCUT2D eigenvalue weighted by Gasteiger charge is -2.14. The van der Waals surface area contributed by atoms with Gasteiger partial charge in [-0.3, -0.25) is 4.79 Å². The van der Waals surface area contributed by atoms with Crippen molar-refractivity contribution in [2.75, 3.05) is 5.32 Å². The van der Waals surface area contributed by atoms with Crippen LogP contribution in [0, 0.1) is 5.92 Å². The van der Waals surface area contributed by atoms with Gasteiger partial charge in [-0.15, -0.1) is 14.8 Å². The number of hydrogen-bond donors (Lipinski definition) is 2. The van der Waals surface area contributed by atoms with E-state index in [0.29, 0.717) is 17.9 Å². The topological polar surface area (TPSA) is 105 Å². The summed E-state index contributed by atoms with van der Waals surface area (Å²) in [4.78, 5) is 10.7. The Bertz CT molecular complexity index is 584. The molecule has 2 heterocycles. The van der Waals surface area contributed by atoms with Crippen LogP contribution >= 0.6 is 0 Å². The van der Waals surface area contributed by atoms with Crippen LogP contribution in [0.1, 0.15) is 33.1 Å². The zero-order valence-corrected chi connectivity index (χ0v) is 11.5. The molecule has 2 aromatic rings. The highest BCUT2D eigenvalue weighted by Crippen LogP contribution is 2.12. The molecule has 2 aromatic heterocycles. The largest absolute Gasteiger partial charge is 0.481 e. The molecule has 0 aromatic carbocycles. The average molecular weight is 278 g/mol. The van der Waals surface area contributed by atoms with Crippen molar-refractivity contribution in [3.05, 3.63) is 12.1 Å². The summed E-state index contributed by atoms with van der Waals surface area (Å²) in [5.41, 5.74) is 0.596. The quantitative estimate of drug-likeness (QED) is 0.784. The summed E-state index contributed by atoms with van der Waals surface area (Å²) in [6, 6.07) is 3.81. The van der Waals surface area contributed by atoms with E-state index in [9.17, 15) is 4.79 Å². The third-order valence-corrected chi connectivity index (χ3v) is 3.16. The second-order valence-corrected chi connectivity index (χ2v) is 4.96. The maximum atomic E-state index is 10.7. The molecule has 0 radical (unpaired) electrons. The summed E-state index contributed by atoms with van der Waals surface area (Å²) >= 11 is 0. The average Bonchev–Trinajstić information content (AvgIpc) is 2.85. The molecule has 8 heteroatoms. The third-order valence-electron chi connectivity index (χ3n) is 3.16. The fourth-order valence-corrected chi connectivity index (χ4v) is 1.90. The zero-order chi connectivity index (χ0) is 14.5. The molecule has 0 saturated heterocycles. The molecule has 2 N–H and O–H groups in total. The van der Waals surface area contributed by atoms with Gasteiger partial charge in [0, 0.05) is 6.04 Å². The summed E-state index contributed by atoms with van der Waals surface area (Å²) < 4.78 is 1.36. The van der Waals surface area contributed by atoms with Crippen molar-refractivity contribution in [2.45, 2.75) is 39.2 Å². The van der Waals surface area contributed by atoms with E-state index in [1.165, 1.54) is 4.63 Å². The number of aromatic nitrogens is 5. The molecular formula is C12H18N6O2. The second-order valence-electron chi connectivity index (χ2n) is 4.96. The molecule has 0 amide bonds. The molecule has 0 bridgehead atoms. The number of tetrazole rings is 1. The second kappa shape index (κ2) is 6.27. The molecule has 2 rings (SSSR count). The first-order chi connectivity index (χ1) is 9.56. The minimum absolute atomic E-state index is 0.206. The van der Waals surface area contributed by atoms with Crippen molar-refractivity contribution in [3.8, 4) is 0 Å². The first kappa shape index (κ1) is 14.2. The molecule has 0 fully saturated rings. The standard InChI is InChI=1S/C12H18N6O2/c1-8(12(19)20)4-3-5-9(2)13-10-6-7-11-14-16-17-18(11)15-10/h6-9H,3-5H2,1-2H3,(H,13,15)(H,19,20). The van der Waals surface area contributed by atoms with Gasteiger partial charge in [0.2, 0.25) is 0 Å².